The topological polar surface area (TPSA) is 267 Å². The van der Waals surface area contributed by atoms with Crippen molar-refractivity contribution < 1.29 is 59.9 Å². The van der Waals surface area contributed by atoms with Crippen molar-refractivity contribution in [2.24, 2.45) is 62.1 Å². The van der Waals surface area contributed by atoms with Crippen molar-refractivity contribution in [2.45, 2.75) is 166 Å². The number of nitrogens with one attached hydrogen (secondary N) is 3. The van der Waals surface area contributed by atoms with E-state index >= 15 is 0 Å². The van der Waals surface area contributed by atoms with Gasteiger partial charge < -0.3 is 65.9 Å². The van der Waals surface area contributed by atoms with Crippen LogP contribution in [0.15, 0.2) is 24.2 Å². The van der Waals surface area contributed by atoms with Crippen LogP contribution < -0.4 is 10.6 Å². The lowest BCUT2D eigenvalue weighted by Crippen LogP contribution is -2.72. The van der Waals surface area contributed by atoms with Gasteiger partial charge in [-0.1, -0.05) is 46.3 Å². The summed E-state index contributed by atoms with van der Waals surface area (Å²) in [4.78, 5) is 35.1. The first-order chi connectivity index (χ1) is 30.7. The van der Waals surface area contributed by atoms with Crippen LogP contribution in [0.25, 0.3) is 0 Å². The molecule has 1 aromatic heterocycles. The molecule has 7 fully saturated rings. The van der Waals surface area contributed by atoms with E-state index in [0.717, 1.165) is 12.1 Å². The van der Waals surface area contributed by atoms with Gasteiger partial charge in [0.2, 0.25) is 5.91 Å². The molecule has 3 aliphatic heterocycles. The van der Waals surface area contributed by atoms with Crippen molar-refractivity contribution in [3.63, 3.8) is 0 Å². The molecule has 4 saturated carbocycles. The van der Waals surface area contributed by atoms with Crippen LogP contribution in [0, 0.1) is 62.1 Å². The van der Waals surface area contributed by atoms with Gasteiger partial charge >= 0.3 is 5.97 Å². The number of ether oxygens (including phenoxy) is 2. The fraction of sp³-hybridized carbons (Fsp3) is 0.857. The quantitative estimate of drug-likeness (QED) is 0.119. The molecule has 0 radical (unpaired) electrons. The maximum Gasteiger partial charge on any atom is 0.310 e. The lowest BCUT2D eigenvalue weighted by atomic mass is 9.31. The number of amides is 1. The second kappa shape index (κ2) is 16.6. The fourth-order valence-corrected chi connectivity index (χ4v) is 16.9. The van der Waals surface area contributed by atoms with Gasteiger partial charge in [0.1, 0.15) is 18.3 Å². The normalized spacial score (nSPS) is 52.0. The van der Waals surface area contributed by atoms with Crippen LogP contribution in [-0.4, -0.2) is 145 Å². The van der Waals surface area contributed by atoms with Crippen LogP contribution in [0.3, 0.4) is 0 Å². The van der Waals surface area contributed by atoms with E-state index in [1.54, 1.807) is 6.33 Å². The zero-order valence-corrected chi connectivity index (χ0v) is 38.9. The average Bonchev–Trinajstić information content (AvgIpc) is 3.97. The first-order valence-corrected chi connectivity index (χ1v) is 24.5. The molecule has 1 aromatic rings. The smallest absolute Gasteiger partial charge is 0.310 e. The number of imidazole rings is 1. The lowest BCUT2D eigenvalue weighted by Gasteiger charge is -2.73. The summed E-state index contributed by atoms with van der Waals surface area (Å²) < 4.78 is 12.5. The number of aromatic amines is 1. The predicted octanol–water partition coefficient (Wildman–Crippen LogP) is 2.14. The monoisotopic (exact) mass is 913 g/mol. The third-order valence-electron chi connectivity index (χ3n) is 20.8. The van der Waals surface area contributed by atoms with E-state index in [2.05, 4.69) is 54.4 Å². The summed E-state index contributed by atoms with van der Waals surface area (Å²) in [5, 5.41) is 96.2. The van der Waals surface area contributed by atoms with Gasteiger partial charge in [-0.15, -0.1) is 0 Å². The minimum Gasteiger partial charge on any atom is -0.481 e. The van der Waals surface area contributed by atoms with Gasteiger partial charge in [0, 0.05) is 47.8 Å². The number of fused-ring (bicyclic) bond motifs is 7. The molecule has 9 rings (SSSR count). The number of rotatable bonds is 10. The van der Waals surface area contributed by atoms with E-state index in [0.29, 0.717) is 70.8 Å². The molecule has 20 atom stereocenters. The zero-order valence-electron chi connectivity index (χ0n) is 38.9. The molecule has 65 heavy (non-hydrogen) atoms. The molecule has 3 saturated heterocycles. The standard InChI is InChI=1S/C49H76N4O12/c1-43(23-55)10-12-48(42(62)63)13-11-45(3)28(30(48)19-43)6-7-33-46(45,4)9-8-32-44(2,24-56)40(65-41-38(61)37(60)31(57)22-64-41)36(59)29(47(32,33)5)16-26-17-35(58)53-39(26)49(34-20-50-25-52-34)14-15-51-27(18-49)21-54/h6,20,25-27,29-33,36-41,51,54-57,59-61H,7-19,21-24H2,1-5H3,(H,50,52)(H,53,58)(H,62,63)/t26-,27-,29+,30-,31+,32+,33-,36+,37-,38+,39-,40+,41-,43-,44-,45+,46+,47-,48-,49+/m0/s1. The second-order valence-electron chi connectivity index (χ2n) is 23.6. The van der Waals surface area contributed by atoms with E-state index in [9.17, 15) is 50.4 Å². The Hall–Kier alpha value is -2.51. The van der Waals surface area contributed by atoms with Crippen LogP contribution >= 0.6 is 0 Å². The summed E-state index contributed by atoms with van der Waals surface area (Å²) in [6, 6.07) is -0.601. The number of aliphatic hydroxyl groups is 7. The Morgan fingerprint density at radius 2 is 1.68 bits per heavy atom. The van der Waals surface area contributed by atoms with Gasteiger partial charge in [0.05, 0.1) is 43.8 Å². The minimum absolute atomic E-state index is 0.00774. The van der Waals surface area contributed by atoms with E-state index < -0.39 is 81.2 Å². The molecule has 1 amide bonds. The largest absolute Gasteiger partial charge is 0.481 e. The molecule has 0 bridgehead atoms. The fourth-order valence-electron chi connectivity index (χ4n) is 16.9. The third kappa shape index (κ3) is 6.83. The highest BCUT2D eigenvalue weighted by atomic mass is 16.7. The van der Waals surface area contributed by atoms with Gasteiger partial charge in [0.15, 0.2) is 6.29 Å². The summed E-state index contributed by atoms with van der Waals surface area (Å²) in [6.45, 7) is 10.9. The molecule has 4 heterocycles. The van der Waals surface area contributed by atoms with Crippen molar-refractivity contribution in [2.75, 3.05) is 33.0 Å². The van der Waals surface area contributed by atoms with Crippen LogP contribution in [0.5, 0.6) is 0 Å². The van der Waals surface area contributed by atoms with Crippen molar-refractivity contribution in [1.82, 2.24) is 20.6 Å². The van der Waals surface area contributed by atoms with E-state index in [1.165, 1.54) is 5.57 Å². The lowest BCUT2D eigenvalue weighted by molar-refractivity contribution is -0.340. The van der Waals surface area contributed by atoms with Gasteiger partial charge in [-0.3, -0.25) is 9.59 Å². The number of hydrogen-bond donors (Lipinski definition) is 11. The Balaban J connectivity index is 1.16. The van der Waals surface area contributed by atoms with Gasteiger partial charge in [-0.2, -0.15) is 0 Å². The first kappa shape index (κ1) is 47.6. The van der Waals surface area contributed by atoms with Gasteiger partial charge in [-0.05, 0) is 128 Å². The Kier molecular flexibility index (Phi) is 12.1. The first-order valence-electron chi connectivity index (χ1n) is 24.5. The number of hydrogen-bond acceptors (Lipinski definition) is 13. The summed E-state index contributed by atoms with van der Waals surface area (Å²) in [7, 11) is 0. The molecule has 11 N–H and O–H groups in total. The van der Waals surface area contributed by atoms with Crippen LogP contribution in [-0.2, 0) is 24.5 Å². The van der Waals surface area contributed by atoms with E-state index in [-0.39, 0.29) is 79.9 Å². The van der Waals surface area contributed by atoms with Crippen molar-refractivity contribution in [3.8, 4) is 0 Å². The highest BCUT2D eigenvalue weighted by Gasteiger charge is 2.74. The number of piperidine rings is 1. The van der Waals surface area contributed by atoms with Gasteiger partial charge in [-0.25, -0.2) is 4.98 Å². The molecule has 16 heteroatoms. The van der Waals surface area contributed by atoms with Crippen molar-refractivity contribution in [1.29, 1.82) is 0 Å². The molecule has 0 aromatic carbocycles. The third-order valence-corrected chi connectivity index (χ3v) is 20.8. The number of carbonyl (C=O) groups excluding carboxylic acids is 1. The maximum atomic E-state index is 13.9. The Bertz CT molecular complexity index is 1990. The van der Waals surface area contributed by atoms with Crippen molar-refractivity contribution >= 4 is 11.9 Å². The number of carboxylic acid groups (broad SMARTS) is 1. The Morgan fingerprint density at radius 1 is 0.923 bits per heavy atom. The molecular weight excluding hydrogens is 837 g/mol. The Morgan fingerprint density at radius 3 is 2.35 bits per heavy atom. The number of aliphatic carboxylic acids is 1. The van der Waals surface area contributed by atoms with Crippen LogP contribution in [0.1, 0.15) is 117 Å². The van der Waals surface area contributed by atoms with Gasteiger partial charge in [0.25, 0.3) is 0 Å². The van der Waals surface area contributed by atoms with E-state index in [1.807, 2.05) is 13.1 Å². The average molecular weight is 913 g/mol. The number of nitrogens with zero attached hydrogens (tertiary/aromatic N) is 1. The highest BCUT2D eigenvalue weighted by molar-refractivity contribution is 5.79. The van der Waals surface area contributed by atoms with Crippen molar-refractivity contribution in [3.05, 3.63) is 29.9 Å². The van der Waals surface area contributed by atoms with Crippen LogP contribution in [0.4, 0.5) is 0 Å². The molecule has 364 valence electrons. The zero-order chi connectivity index (χ0) is 46.7. The number of carboxylic acids is 1. The summed E-state index contributed by atoms with van der Waals surface area (Å²) >= 11 is 0. The molecule has 0 unspecified atom stereocenters. The van der Waals surface area contributed by atoms with E-state index in [4.69, 9.17) is 9.47 Å². The summed E-state index contributed by atoms with van der Waals surface area (Å²) in [5.74, 6) is -2.21. The predicted molar refractivity (Wildman–Crippen MR) is 235 cm³/mol. The second-order valence-corrected chi connectivity index (χ2v) is 23.6. The number of H-pyrrole nitrogens is 1. The molecular formula is C49H76N4O12. The SMILES string of the molecule is C[C@]1(CO)CC[C@]2(C(=O)O)CC[C@]3(C)C(=CC[C@@H]4[C@@]5(C)[C@H](C[C@H]6CC(=O)N[C@@H]6[C@]6(c7cnc[nH]7)CCN[C@H](CO)C6)[C@@H](O)[C@@H](O[C@@H]6OC[C@@H](O)[C@H](O)[C@H]6O)[C@@](C)(CO)[C@H]5CC[C@]43C)[C@@H]2C1. The summed E-state index contributed by atoms with van der Waals surface area (Å²) in [5.41, 5.74) is -2.42. The van der Waals surface area contributed by atoms with Crippen LogP contribution in [0.2, 0.25) is 0 Å². The molecule has 5 aliphatic carbocycles. The number of carbonyl (C=O) groups is 2. The molecule has 0 spiro atoms. The maximum absolute atomic E-state index is 13.9. The molecule has 16 nitrogen and oxygen atoms in total. The minimum atomic E-state index is -1.62. The highest BCUT2D eigenvalue weighted by Crippen LogP contribution is 2.77. The number of allylic oxidation sites excluding steroid dienone is 2. The number of aliphatic hydroxyl groups excluding tert-OH is 7. The Labute approximate surface area is 382 Å². The summed E-state index contributed by atoms with van der Waals surface area (Å²) in [6.07, 6.45) is 4.38. The molecule has 8 aliphatic rings. The number of aromatic nitrogens is 2.